The SMILES string of the molecule is C[C@@H](O)[C@H]1C(=O)N2C(C(=O)O)=C(S[C@@H]3CN[C@H](CC(=O)N4CC[C@H](N)C4)C3)[C@H](C)[C@H]12. The first kappa shape index (κ1) is 21.6. The molecule has 4 aliphatic rings. The first-order valence-electron chi connectivity index (χ1n) is 10.6. The number of carboxylic acid groups (broad SMARTS) is 1. The van der Waals surface area contributed by atoms with Gasteiger partial charge < -0.3 is 31.1 Å². The molecular formula is C20H30N4O5S. The lowest BCUT2D eigenvalue weighted by atomic mass is 9.79. The summed E-state index contributed by atoms with van der Waals surface area (Å²) in [6.07, 6.45) is 1.22. The Bertz CT molecular complexity index is 787. The van der Waals surface area contributed by atoms with Gasteiger partial charge in [-0.3, -0.25) is 9.59 Å². The predicted molar refractivity (Wildman–Crippen MR) is 111 cm³/mol. The highest BCUT2D eigenvalue weighted by atomic mass is 32.2. The van der Waals surface area contributed by atoms with Gasteiger partial charge in [0.05, 0.1) is 18.1 Å². The van der Waals surface area contributed by atoms with E-state index in [9.17, 15) is 24.6 Å². The van der Waals surface area contributed by atoms with Crippen LogP contribution in [0.25, 0.3) is 0 Å². The first-order chi connectivity index (χ1) is 14.2. The second-order valence-electron chi connectivity index (χ2n) is 8.95. The summed E-state index contributed by atoms with van der Waals surface area (Å²) in [4.78, 5) is 40.7. The standard InChI is InChI=1S/C20H30N4O5S/c1-9-16-15(10(2)25)19(27)24(16)17(20(28)29)18(9)30-13-5-12(22-7-13)6-14(26)23-4-3-11(21)8-23/h9-13,15-16,22,25H,3-8,21H2,1-2H3,(H,28,29)/t9-,10-,11+,12+,13+,15-,16-/m1/s1. The normalized spacial score (nSPS) is 36.9. The maximum Gasteiger partial charge on any atom is 0.353 e. The average Bonchev–Trinajstić information content (AvgIpc) is 3.34. The molecule has 10 heteroatoms. The molecule has 0 aromatic carbocycles. The van der Waals surface area contributed by atoms with Gasteiger partial charge in [-0.15, -0.1) is 11.8 Å². The molecule has 0 aromatic heterocycles. The number of aliphatic hydroxyl groups is 1. The molecule has 4 heterocycles. The zero-order valence-corrected chi connectivity index (χ0v) is 18.1. The van der Waals surface area contributed by atoms with Gasteiger partial charge in [-0.05, 0) is 19.8 Å². The lowest BCUT2D eigenvalue weighted by molar-refractivity contribution is -0.163. The number of β-lactam (4-membered cyclic amide) rings is 1. The number of carboxylic acids is 1. The number of aliphatic hydroxyl groups excluding tert-OH is 1. The summed E-state index contributed by atoms with van der Waals surface area (Å²) in [5.74, 6) is -1.99. The molecule has 3 saturated heterocycles. The lowest BCUT2D eigenvalue weighted by Crippen LogP contribution is -2.63. The molecule has 0 aliphatic carbocycles. The van der Waals surface area contributed by atoms with E-state index in [2.05, 4.69) is 5.32 Å². The van der Waals surface area contributed by atoms with Crippen molar-refractivity contribution in [1.29, 1.82) is 0 Å². The summed E-state index contributed by atoms with van der Waals surface area (Å²) < 4.78 is 0. The number of nitrogens with two attached hydrogens (primary N) is 1. The summed E-state index contributed by atoms with van der Waals surface area (Å²) in [5, 5.41) is 23.2. The van der Waals surface area contributed by atoms with Gasteiger partial charge in [-0.1, -0.05) is 6.92 Å². The largest absolute Gasteiger partial charge is 0.477 e. The number of amides is 2. The molecular weight excluding hydrogens is 408 g/mol. The highest BCUT2D eigenvalue weighted by molar-refractivity contribution is 8.03. The number of fused-ring (bicyclic) bond motifs is 1. The molecule has 0 saturated carbocycles. The molecule has 3 fully saturated rings. The quantitative estimate of drug-likeness (QED) is 0.410. The topological polar surface area (TPSA) is 136 Å². The number of aliphatic carboxylic acids is 1. The Morgan fingerprint density at radius 2 is 2.13 bits per heavy atom. The van der Waals surface area contributed by atoms with Gasteiger partial charge in [-0.2, -0.15) is 0 Å². The van der Waals surface area contributed by atoms with E-state index in [1.807, 2.05) is 11.8 Å². The molecule has 30 heavy (non-hydrogen) atoms. The fourth-order valence-electron chi connectivity index (χ4n) is 5.24. The minimum Gasteiger partial charge on any atom is -0.477 e. The maximum absolute atomic E-state index is 12.5. The zero-order chi connectivity index (χ0) is 21.7. The number of hydrogen-bond donors (Lipinski definition) is 4. The van der Waals surface area contributed by atoms with Crippen LogP contribution in [0, 0.1) is 11.8 Å². The fraction of sp³-hybridized carbons (Fsp3) is 0.750. The van der Waals surface area contributed by atoms with Crippen molar-refractivity contribution in [2.75, 3.05) is 19.6 Å². The van der Waals surface area contributed by atoms with E-state index >= 15 is 0 Å². The summed E-state index contributed by atoms with van der Waals surface area (Å²) in [6.45, 7) is 5.52. The molecule has 0 spiro atoms. The van der Waals surface area contributed by atoms with Crippen LogP contribution in [0.2, 0.25) is 0 Å². The zero-order valence-electron chi connectivity index (χ0n) is 17.3. The Morgan fingerprint density at radius 3 is 2.73 bits per heavy atom. The number of carbonyl (C=O) groups excluding carboxylic acids is 2. The van der Waals surface area contributed by atoms with Gasteiger partial charge in [0.1, 0.15) is 5.70 Å². The third-order valence-corrected chi connectivity index (χ3v) is 8.30. The van der Waals surface area contributed by atoms with Crippen molar-refractivity contribution in [2.24, 2.45) is 17.6 Å². The number of nitrogens with zero attached hydrogens (tertiary/aromatic N) is 2. The molecule has 166 valence electrons. The maximum atomic E-state index is 12.5. The van der Waals surface area contributed by atoms with Crippen molar-refractivity contribution >= 4 is 29.5 Å². The highest BCUT2D eigenvalue weighted by Crippen LogP contribution is 2.51. The minimum atomic E-state index is -1.10. The van der Waals surface area contributed by atoms with Gasteiger partial charge in [0.2, 0.25) is 11.8 Å². The van der Waals surface area contributed by atoms with Crippen LogP contribution in [0.1, 0.15) is 33.1 Å². The molecule has 0 aromatic rings. The Balaban J connectivity index is 1.40. The van der Waals surface area contributed by atoms with Gasteiger partial charge in [-0.25, -0.2) is 4.79 Å². The van der Waals surface area contributed by atoms with Gasteiger partial charge in [0.15, 0.2) is 0 Å². The third kappa shape index (κ3) is 3.63. The monoisotopic (exact) mass is 438 g/mol. The van der Waals surface area contributed by atoms with Crippen molar-refractivity contribution in [3.05, 3.63) is 10.6 Å². The van der Waals surface area contributed by atoms with E-state index in [1.165, 1.54) is 16.7 Å². The van der Waals surface area contributed by atoms with Gasteiger partial charge in [0, 0.05) is 54.2 Å². The molecule has 0 bridgehead atoms. The summed E-state index contributed by atoms with van der Waals surface area (Å²) in [5.41, 5.74) is 5.95. The number of hydrogen-bond acceptors (Lipinski definition) is 7. The van der Waals surface area contributed by atoms with E-state index < -0.39 is 18.0 Å². The Morgan fingerprint density at radius 1 is 1.40 bits per heavy atom. The molecule has 2 amide bonds. The summed E-state index contributed by atoms with van der Waals surface area (Å²) in [7, 11) is 0. The fourth-order valence-corrected chi connectivity index (χ4v) is 6.76. The second-order valence-corrected chi connectivity index (χ2v) is 10.3. The predicted octanol–water partition coefficient (Wildman–Crippen LogP) is -0.446. The average molecular weight is 439 g/mol. The molecule has 9 nitrogen and oxygen atoms in total. The van der Waals surface area contributed by atoms with Gasteiger partial charge >= 0.3 is 5.97 Å². The number of likely N-dealkylation sites (tertiary alicyclic amines) is 1. The summed E-state index contributed by atoms with van der Waals surface area (Å²) in [6, 6.07) is -0.170. The third-order valence-electron chi connectivity index (χ3n) is 6.78. The van der Waals surface area contributed by atoms with Crippen LogP contribution in [0.5, 0.6) is 0 Å². The van der Waals surface area contributed by atoms with Crippen LogP contribution < -0.4 is 11.1 Å². The Labute approximate surface area is 180 Å². The Kier molecular flexibility index (Phi) is 5.86. The van der Waals surface area contributed by atoms with Crippen LogP contribution in [0.4, 0.5) is 0 Å². The van der Waals surface area contributed by atoms with E-state index in [4.69, 9.17) is 5.73 Å². The molecule has 4 aliphatic heterocycles. The van der Waals surface area contributed by atoms with Crippen LogP contribution in [0.15, 0.2) is 10.6 Å². The molecule has 0 unspecified atom stereocenters. The van der Waals surface area contributed by atoms with Crippen LogP contribution in [-0.2, 0) is 14.4 Å². The number of nitrogens with one attached hydrogen (secondary N) is 1. The highest BCUT2D eigenvalue weighted by Gasteiger charge is 2.60. The van der Waals surface area contributed by atoms with Crippen LogP contribution in [0.3, 0.4) is 0 Å². The van der Waals surface area contributed by atoms with Crippen molar-refractivity contribution in [2.45, 2.75) is 62.6 Å². The van der Waals surface area contributed by atoms with E-state index in [1.54, 1.807) is 6.92 Å². The molecule has 4 rings (SSSR count). The van der Waals surface area contributed by atoms with E-state index in [0.717, 1.165) is 12.8 Å². The first-order valence-corrected chi connectivity index (χ1v) is 11.5. The molecule has 0 radical (unpaired) electrons. The Hall–Kier alpha value is -1.62. The summed E-state index contributed by atoms with van der Waals surface area (Å²) >= 11 is 1.50. The minimum absolute atomic E-state index is 0.0567. The van der Waals surface area contributed by atoms with Crippen molar-refractivity contribution < 1.29 is 24.6 Å². The van der Waals surface area contributed by atoms with Crippen molar-refractivity contribution in [3.8, 4) is 0 Å². The van der Waals surface area contributed by atoms with Crippen molar-refractivity contribution in [3.63, 3.8) is 0 Å². The van der Waals surface area contributed by atoms with E-state index in [0.29, 0.717) is 31.0 Å². The number of rotatable bonds is 6. The van der Waals surface area contributed by atoms with Crippen molar-refractivity contribution in [1.82, 2.24) is 15.1 Å². The molecule has 7 atom stereocenters. The molecule has 5 N–H and O–H groups in total. The van der Waals surface area contributed by atoms with Crippen LogP contribution >= 0.6 is 11.8 Å². The smallest absolute Gasteiger partial charge is 0.353 e. The van der Waals surface area contributed by atoms with E-state index in [-0.39, 0.29) is 46.8 Å². The number of carbonyl (C=O) groups is 3. The number of thioether (sulfide) groups is 1. The second kappa shape index (κ2) is 8.14. The lowest BCUT2D eigenvalue weighted by Gasteiger charge is -2.46. The van der Waals surface area contributed by atoms with Crippen LogP contribution in [-0.4, -0.2) is 86.9 Å². The van der Waals surface area contributed by atoms with Gasteiger partial charge in [0.25, 0.3) is 0 Å².